The van der Waals surface area contributed by atoms with Crippen LogP contribution in [-0.2, 0) is 14.4 Å². The molecule has 1 heterocycles. The van der Waals surface area contributed by atoms with Crippen LogP contribution in [0.2, 0.25) is 0 Å². The largest absolute Gasteiger partial charge is 0.480 e. The van der Waals surface area contributed by atoms with Crippen LogP contribution >= 0.6 is 11.8 Å². The lowest BCUT2D eigenvalue weighted by atomic mass is 9.79. The van der Waals surface area contributed by atoms with Gasteiger partial charge in [0.2, 0.25) is 5.91 Å². The Balaban J connectivity index is 2.01. The molecule has 2 rings (SSSR count). The van der Waals surface area contributed by atoms with Crippen molar-refractivity contribution >= 4 is 28.8 Å². The minimum absolute atomic E-state index is 0.0130. The zero-order valence-electron chi connectivity index (χ0n) is 14.0. The molecular weight excluding hydrogens is 314 g/mol. The number of aliphatic carboxylic acids is 1. The highest BCUT2D eigenvalue weighted by Gasteiger charge is 2.43. The summed E-state index contributed by atoms with van der Waals surface area (Å²) in [6.07, 6.45) is 6.62. The SMILES string of the molecule is CC(=O)SCC(C)C(=O)N1CC(C2CCCCC2)C[C@H]1C(=O)O. The molecule has 1 aliphatic heterocycles. The first kappa shape index (κ1) is 18.3. The van der Waals surface area contributed by atoms with Gasteiger partial charge in [-0.25, -0.2) is 4.79 Å². The Morgan fingerprint density at radius 3 is 2.39 bits per heavy atom. The van der Waals surface area contributed by atoms with Gasteiger partial charge in [0.25, 0.3) is 0 Å². The van der Waals surface area contributed by atoms with Crippen molar-refractivity contribution in [2.24, 2.45) is 17.8 Å². The van der Waals surface area contributed by atoms with Crippen LogP contribution in [0.15, 0.2) is 0 Å². The molecule has 2 unspecified atom stereocenters. The molecule has 3 atom stereocenters. The topological polar surface area (TPSA) is 74.7 Å². The molecule has 23 heavy (non-hydrogen) atoms. The molecule has 0 bridgehead atoms. The van der Waals surface area contributed by atoms with Crippen LogP contribution in [-0.4, -0.2) is 45.3 Å². The van der Waals surface area contributed by atoms with E-state index in [2.05, 4.69) is 0 Å². The summed E-state index contributed by atoms with van der Waals surface area (Å²) in [5, 5.41) is 9.48. The highest BCUT2D eigenvalue weighted by atomic mass is 32.2. The highest BCUT2D eigenvalue weighted by Crippen LogP contribution is 2.38. The van der Waals surface area contributed by atoms with Crippen molar-refractivity contribution < 1.29 is 19.5 Å². The second kappa shape index (κ2) is 8.18. The quantitative estimate of drug-likeness (QED) is 0.832. The Kier molecular flexibility index (Phi) is 6.50. The molecule has 2 fully saturated rings. The van der Waals surface area contributed by atoms with Crippen molar-refractivity contribution in [3.63, 3.8) is 0 Å². The number of carbonyl (C=O) groups excluding carboxylic acids is 2. The number of likely N-dealkylation sites (tertiary alicyclic amines) is 1. The summed E-state index contributed by atoms with van der Waals surface area (Å²) in [4.78, 5) is 36.8. The zero-order valence-corrected chi connectivity index (χ0v) is 14.8. The number of carbonyl (C=O) groups is 3. The third-order valence-electron chi connectivity index (χ3n) is 5.18. The molecule has 0 spiro atoms. The minimum Gasteiger partial charge on any atom is -0.480 e. The maximum absolute atomic E-state index is 12.6. The standard InChI is InChI=1S/C17H27NO4S/c1-11(10-23-12(2)19)16(20)18-9-14(8-15(18)17(21)22)13-6-4-3-5-7-13/h11,13-15H,3-10H2,1-2H3,(H,21,22)/t11?,14?,15-/m0/s1. The molecule has 1 saturated heterocycles. The van der Waals surface area contributed by atoms with Crippen molar-refractivity contribution in [3.05, 3.63) is 0 Å². The van der Waals surface area contributed by atoms with E-state index in [0.29, 0.717) is 30.6 Å². The molecule has 2 aliphatic rings. The Hall–Kier alpha value is -1.04. The molecule has 1 saturated carbocycles. The molecule has 5 nitrogen and oxygen atoms in total. The number of thioether (sulfide) groups is 1. The fourth-order valence-electron chi connectivity index (χ4n) is 3.89. The predicted molar refractivity (Wildman–Crippen MR) is 90.1 cm³/mol. The predicted octanol–water partition coefficient (Wildman–Crippen LogP) is 2.78. The number of hydrogen-bond acceptors (Lipinski definition) is 4. The van der Waals surface area contributed by atoms with E-state index in [9.17, 15) is 19.5 Å². The fourth-order valence-corrected chi connectivity index (χ4v) is 4.52. The van der Waals surface area contributed by atoms with E-state index in [1.807, 2.05) is 0 Å². The average molecular weight is 341 g/mol. The number of hydrogen-bond donors (Lipinski definition) is 1. The number of nitrogens with zero attached hydrogens (tertiary/aromatic N) is 1. The van der Waals surface area contributed by atoms with Crippen LogP contribution < -0.4 is 0 Å². The lowest BCUT2D eigenvalue weighted by molar-refractivity contribution is -0.149. The maximum Gasteiger partial charge on any atom is 0.326 e. The van der Waals surface area contributed by atoms with E-state index < -0.39 is 12.0 Å². The zero-order chi connectivity index (χ0) is 17.0. The molecule has 6 heteroatoms. The first-order chi connectivity index (χ1) is 10.9. The lowest BCUT2D eigenvalue weighted by Crippen LogP contribution is -2.43. The first-order valence-corrected chi connectivity index (χ1v) is 9.55. The van der Waals surface area contributed by atoms with Gasteiger partial charge in [-0.1, -0.05) is 50.8 Å². The summed E-state index contributed by atoms with van der Waals surface area (Å²) >= 11 is 1.13. The molecule has 1 amide bonds. The van der Waals surface area contributed by atoms with E-state index in [4.69, 9.17) is 0 Å². The third-order valence-corrected chi connectivity index (χ3v) is 6.25. The molecular formula is C17H27NO4S. The Morgan fingerprint density at radius 2 is 1.83 bits per heavy atom. The summed E-state index contributed by atoms with van der Waals surface area (Å²) in [5.41, 5.74) is 0. The Morgan fingerprint density at radius 1 is 1.17 bits per heavy atom. The van der Waals surface area contributed by atoms with E-state index in [-0.39, 0.29) is 16.9 Å². The Bertz CT molecular complexity index is 462. The van der Waals surface area contributed by atoms with Crippen LogP contribution in [0.4, 0.5) is 0 Å². The van der Waals surface area contributed by atoms with Gasteiger partial charge in [0.15, 0.2) is 5.12 Å². The van der Waals surface area contributed by atoms with Crippen LogP contribution in [0.25, 0.3) is 0 Å². The van der Waals surface area contributed by atoms with Gasteiger partial charge in [0.1, 0.15) is 6.04 Å². The van der Waals surface area contributed by atoms with Gasteiger partial charge in [-0.15, -0.1) is 0 Å². The van der Waals surface area contributed by atoms with E-state index in [1.165, 1.54) is 26.2 Å². The number of carboxylic acids is 1. The van der Waals surface area contributed by atoms with E-state index in [0.717, 1.165) is 24.6 Å². The molecule has 1 N–H and O–H groups in total. The fraction of sp³-hybridized carbons (Fsp3) is 0.824. The number of carboxylic acid groups (broad SMARTS) is 1. The molecule has 0 aromatic heterocycles. The van der Waals surface area contributed by atoms with Crippen molar-refractivity contribution in [3.8, 4) is 0 Å². The lowest BCUT2D eigenvalue weighted by Gasteiger charge is -2.28. The summed E-state index contributed by atoms with van der Waals surface area (Å²) in [6.45, 7) is 3.83. The van der Waals surface area contributed by atoms with Gasteiger partial charge in [0, 0.05) is 25.1 Å². The van der Waals surface area contributed by atoms with E-state index in [1.54, 1.807) is 11.8 Å². The van der Waals surface area contributed by atoms with Crippen molar-refractivity contribution in [1.82, 2.24) is 4.90 Å². The van der Waals surface area contributed by atoms with Gasteiger partial charge in [-0.05, 0) is 18.3 Å². The summed E-state index contributed by atoms with van der Waals surface area (Å²) in [7, 11) is 0. The molecule has 0 aromatic carbocycles. The molecule has 130 valence electrons. The van der Waals surface area contributed by atoms with Crippen molar-refractivity contribution in [1.29, 1.82) is 0 Å². The van der Waals surface area contributed by atoms with Crippen LogP contribution in [0.1, 0.15) is 52.4 Å². The van der Waals surface area contributed by atoms with Crippen LogP contribution in [0.3, 0.4) is 0 Å². The van der Waals surface area contributed by atoms with Gasteiger partial charge < -0.3 is 10.0 Å². The van der Waals surface area contributed by atoms with Crippen molar-refractivity contribution in [2.45, 2.75) is 58.4 Å². The van der Waals surface area contributed by atoms with Gasteiger partial charge in [-0.2, -0.15) is 0 Å². The summed E-state index contributed by atoms with van der Waals surface area (Å²) < 4.78 is 0. The highest BCUT2D eigenvalue weighted by molar-refractivity contribution is 8.13. The second-order valence-electron chi connectivity index (χ2n) is 6.94. The maximum atomic E-state index is 12.6. The average Bonchev–Trinajstić information content (AvgIpc) is 2.98. The normalized spacial score (nSPS) is 27.0. The molecule has 0 aromatic rings. The van der Waals surface area contributed by atoms with Gasteiger partial charge in [0.05, 0.1) is 0 Å². The molecule has 0 radical (unpaired) electrons. The summed E-state index contributed by atoms with van der Waals surface area (Å²) in [5.74, 6) is -0.0489. The monoisotopic (exact) mass is 341 g/mol. The minimum atomic E-state index is -0.900. The van der Waals surface area contributed by atoms with Gasteiger partial charge in [-0.3, -0.25) is 9.59 Å². The Labute approximate surface area is 142 Å². The second-order valence-corrected chi connectivity index (χ2v) is 8.14. The van der Waals surface area contributed by atoms with Gasteiger partial charge >= 0.3 is 5.97 Å². The third kappa shape index (κ3) is 4.72. The molecule has 1 aliphatic carbocycles. The number of amides is 1. The first-order valence-electron chi connectivity index (χ1n) is 8.56. The van der Waals surface area contributed by atoms with Crippen LogP contribution in [0, 0.1) is 17.8 Å². The van der Waals surface area contributed by atoms with Crippen LogP contribution in [0.5, 0.6) is 0 Å². The summed E-state index contributed by atoms with van der Waals surface area (Å²) in [6, 6.07) is -0.695. The smallest absolute Gasteiger partial charge is 0.326 e. The van der Waals surface area contributed by atoms with E-state index >= 15 is 0 Å². The number of rotatable bonds is 5. The van der Waals surface area contributed by atoms with Crippen molar-refractivity contribution in [2.75, 3.05) is 12.3 Å².